The van der Waals surface area contributed by atoms with Gasteiger partial charge in [0.2, 0.25) is 0 Å². The SMILES string of the molecule is CC(C)=CC/C(C=O)=C(\C)C(=O)c1ccccc1C. The lowest BCUT2D eigenvalue weighted by atomic mass is 9.95. The smallest absolute Gasteiger partial charge is 0.189 e. The Morgan fingerprint density at radius 2 is 1.79 bits per heavy atom. The number of allylic oxidation sites excluding steroid dienone is 4. The van der Waals surface area contributed by atoms with Crippen molar-refractivity contribution < 1.29 is 9.59 Å². The third-order valence-electron chi connectivity index (χ3n) is 3.08. The molecule has 0 aliphatic heterocycles. The molecule has 0 aromatic heterocycles. The Kier molecular flexibility index (Phi) is 5.43. The van der Waals surface area contributed by atoms with Crippen LogP contribution in [0.2, 0.25) is 0 Å². The van der Waals surface area contributed by atoms with Crippen molar-refractivity contribution in [3.05, 3.63) is 58.2 Å². The van der Waals surface area contributed by atoms with Gasteiger partial charge < -0.3 is 0 Å². The molecule has 0 heterocycles. The number of hydrogen-bond acceptors (Lipinski definition) is 2. The van der Waals surface area contributed by atoms with Crippen LogP contribution in [0.5, 0.6) is 0 Å². The van der Waals surface area contributed by atoms with Crippen LogP contribution in [0.15, 0.2) is 47.1 Å². The summed E-state index contributed by atoms with van der Waals surface area (Å²) in [4.78, 5) is 23.5. The molecule has 2 nitrogen and oxygen atoms in total. The second-order valence-corrected chi connectivity index (χ2v) is 4.90. The van der Waals surface area contributed by atoms with Gasteiger partial charge in [-0.1, -0.05) is 35.9 Å². The second-order valence-electron chi connectivity index (χ2n) is 4.90. The molecule has 19 heavy (non-hydrogen) atoms. The number of ketones is 1. The largest absolute Gasteiger partial charge is 0.298 e. The van der Waals surface area contributed by atoms with Gasteiger partial charge in [-0.25, -0.2) is 0 Å². The lowest BCUT2D eigenvalue weighted by molar-refractivity contribution is -0.105. The first-order chi connectivity index (χ1) is 8.97. The van der Waals surface area contributed by atoms with Crippen LogP contribution in [-0.4, -0.2) is 12.1 Å². The van der Waals surface area contributed by atoms with Crippen molar-refractivity contribution in [3.63, 3.8) is 0 Å². The van der Waals surface area contributed by atoms with E-state index in [4.69, 9.17) is 0 Å². The summed E-state index contributed by atoms with van der Waals surface area (Å²) in [7, 11) is 0. The van der Waals surface area contributed by atoms with E-state index < -0.39 is 0 Å². The van der Waals surface area contributed by atoms with Crippen LogP contribution in [0.4, 0.5) is 0 Å². The van der Waals surface area contributed by atoms with Crippen LogP contribution in [0.3, 0.4) is 0 Å². The van der Waals surface area contributed by atoms with Crippen LogP contribution in [-0.2, 0) is 4.79 Å². The molecule has 0 bridgehead atoms. The zero-order valence-corrected chi connectivity index (χ0v) is 12.0. The summed E-state index contributed by atoms with van der Waals surface area (Å²) in [6.45, 7) is 7.57. The third-order valence-corrected chi connectivity index (χ3v) is 3.08. The normalized spacial score (nSPS) is 11.6. The number of carbonyl (C=O) groups excluding carboxylic acids is 2. The van der Waals surface area contributed by atoms with Crippen molar-refractivity contribution in [2.24, 2.45) is 0 Å². The van der Waals surface area contributed by atoms with E-state index >= 15 is 0 Å². The molecular weight excluding hydrogens is 236 g/mol. The van der Waals surface area contributed by atoms with Crippen molar-refractivity contribution in [3.8, 4) is 0 Å². The summed E-state index contributed by atoms with van der Waals surface area (Å²) >= 11 is 0. The number of aryl methyl sites for hydroxylation is 1. The summed E-state index contributed by atoms with van der Waals surface area (Å²) in [5.41, 5.74) is 3.81. The van der Waals surface area contributed by atoms with Gasteiger partial charge in [0, 0.05) is 16.7 Å². The number of carbonyl (C=O) groups is 2. The molecule has 0 radical (unpaired) electrons. The fourth-order valence-electron chi connectivity index (χ4n) is 1.78. The minimum atomic E-state index is -0.0673. The molecule has 0 aliphatic carbocycles. The van der Waals surface area contributed by atoms with Gasteiger partial charge in [-0.05, 0) is 39.7 Å². The molecular formula is C17H20O2. The lowest BCUT2D eigenvalue weighted by Crippen LogP contribution is -2.06. The fourth-order valence-corrected chi connectivity index (χ4v) is 1.78. The molecule has 0 spiro atoms. The summed E-state index contributed by atoms with van der Waals surface area (Å²) in [5, 5.41) is 0. The van der Waals surface area contributed by atoms with Gasteiger partial charge in [-0.15, -0.1) is 0 Å². The van der Waals surface area contributed by atoms with Crippen molar-refractivity contribution in [1.82, 2.24) is 0 Å². The molecule has 100 valence electrons. The first-order valence-corrected chi connectivity index (χ1v) is 6.36. The van der Waals surface area contributed by atoms with E-state index in [1.807, 2.05) is 45.0 Å². The Hall–Kier alpha value is -1.96. The van der Waals surface area contributed by atoms with E-state index in [1.165, 1.54) is 0 Å². The maximum atomic E-state index is 12.4. The number of rotatable bonds is 5. The molecule has 0 atom stereocenters. The number of Topliss-reactive ketones (excluding diaryl/α,β-unsaturated/α-hetero) is 1. The Morgan fingerprint density at radius 3 is 2.32 bits per heavy atom. The Morgan fingerprint density at radius 1 is 1.16 bits per heavy atom. The topological polar surface area (TPSA) is 34.1 Å². The molecule has 0 N–H and O–H groups in total. The highest BCUT2D eigenvalue weighted by molar-refractivity contribution is 6.11. The fraction of sp³-hybridized carbons (Fsp3) is 0.294. The van der Waals surface area contributed by atoms with Crippen molar-refractivity contribution in [2.45, 2.75) is 34.1 Å². The van der Waals surface area contributed by atoms with Gasteiger partial charge in [0.1, 0.15) is 6.29 Å². The van der Waals surface area contributed by atoms with Crippen molar-refractivity contribution >= 4 is 12.1 Å². The molecule has 0 unspecified atom stereocenters. The quantitative estimate of drug-likeness (QED) is 0.345. The van der Waals surface area contributed by atoms with Crippen LogP contribution >= 0.6 is 0 Å². The Labute approximate surface area is 114 Å². The molecule has 0 aliphatic rings. The lowest BCUT2D eigenvalue weighted by Gasteiger charge is -2.07. The highest BCUT2D eigenvalue weighted by atomic mass is 16.1. The van der Waals surface area contributed by atoms with E-state index in [0.717, 1.165) is 17.4 Å². The number of benzene rings is 1. The van der Waals surface area contributed by atoms with Gasteiger partial charge in [-0.2, -0.15) is 0 Å². The molecule has 0 saturated carbocycles. The summed E-state index contributed by atoms with van der Waals surface area (Å²) in [6, 6.07) is 7.43. The van der Waals surface area contributed by atoms with E-state index in [9.17, 15) is 9.59 Å². The molecule has 0 saturated heterocycles. The maximum Gasteiger partial charge on any atom is 0.189 e. The first-order valence-electron chi connectivity index (χ1n) is 6.36. The van der Waals surface area contributed by atoms with Crippen LogP contribution in [0, 0.1) is 6.92 Å². The van der Waals surface area contributed by atoms with Gasteiger partial charge in [0.25, 0.3) is 0 Å². The molecule has 0 fully saturated rings. The Balaban J connectivity index is 3.12. The maximum absolute atomic E-state index is 12.4. The van der Waals surface area contributed by atoms with Crippen molar-refractivity contribution in [2.75, 3.05) is 0 Å². The van der Waals surface area contributed by atoms with Gasteiger partial charge in [-0.3, -0.25) is 9.59 Å². The summed E-state index contributed by atoms with van der Waals surface area (Å²) < 4.78 is 0. The molecule has 1 aromatic rings. The first kappa shape index (κ1) is 15.1. The highest BCUT2D eigenvalue weighted by Gasteiger charge is 2.13. The molecule has 2 heteroatoms. The summed E-state index contributed by atoms with van der Waals surface area (Å²) in [6.07, 6.45) is 3.25. The molecule has 1 aromatic carbocycles. The summed E-state index contributed by atoms with van der Waals surface area (Å²) in [5.74, 6) is -0.0673. The van der Waals surface area contributed by atoms with Crippen molar-refractivity contribution in [1.29, 1.82) is 0 Å². The average Bonchev–Trinajstić information content (AvgIpc) is 2.38. The van der Waals surface area contributed by atoms with Crippen LogP contribution in [0.25, 0.3) is 0 Å². The average molecular weight is 256 g/mol. The van der Waals surface area contributed by atoms with E-state index in [-0.39, 0.29) is 5.78 Å². The zero-order valence-electron chi connectivity index (χ0n) is 12.0. The zero-order chi connectivity index (χ0) is 14.4. The Bertz CT molecular complexity index is 544. The minimum absolute atomic E-state index is 0.0673. The third kappa shape index (κ3) is 4.02. The number of hydrogen-bond donors (Lipinski definition) is 0. The second kappa shape index (κ2) is 6.83. The standard InChI is InChI=1S/C17H20O2/c1-12(2)9-10-15(11-18)14(4)17(19)16-8-6-5-7-13(16)3/h5-9,11H,10H2,1-4H3/b15-14-. The van der Waals surface area contributed by atoms with Gasteiger partial charge in [0.15, 0.2) is 5.78 Å². The highest BCUT2D eigenvalue weighted by Crippen LogP contribution is 2.17. The molecule has 0 amide bonds. The van der Waals surface area contributed by atoms with Gasteiger partial charge >= 0.3 is 0 Å². The van der Waals surface area contributed by atoms with E-state index in [0.29, 0.717) is 23.1 Å². The minimum Gasteiger partial charge on any atom is -0.298 e. The van der Waals surface area contributed by atoms with E-state index in [2.05, 4.69) is 0 Å². The number of aldehydes is 1. The predicted octanol–water partition coefficient (Wildman–Crippen LogP) is 4.05. The predicted molar refractivity (Wildman–Crippen MR) is 78.3 cm³/mol. The monoisotopic (exact) mass is 256 g/mol. The molecule has 1 rings (SSSR count). The van der Waals surface area contributed by atoms with E-state index in [1.54, 1.807) is 13.0 Å². The van der Waals surface area contributed by atoms with Gasteiger partial charge in [0.05, 0.1) is 0 Å². The van der Waals surface area contributed by atoms with Crippen LogP contribution in [0.1, 0.15) is 43.1 Å². The van der Waals surface area contributed by atoms with Crippen LogP contribution < -0.4 is 0 Å².